The van der Waals surface area contributed by atoms with Crippen molar-refractivity contribution in [2.24, 2.45) is 7.05 Å². The Labute approximate surface area is 146 Å². The van der Waals surface area contributed by atoms with Crippen LogP contribution in [0.2, 0.25) is 5.02 Å². The number of hydrogen-bond donors (Lipinski definition) is 0. The summed E-state index contributed by atoms with van der Waals surface area (Å²) in [4.78, 5) is 11.2. The highest BCUT2D eigenvalue weighted by Gasteiger charge is 2.48. The lowest BCUT2D eigenvalue weighted by Crippen LogP contribution is -2.42. The molecule has 0 aliphatic heterocycles. The van der Waals surface area contributed by atoms with Gasteiger partial charge in [0, 0.05) is 25.3 Å². The number of hydrogen-bond acceptors (Lipinski definition) is 4. The maximum absolute atomic E-state index is 13.5. The van der Waals surface area contributed by atoms with E-state index >= 15 is 0 Å². The second-order valence-electron chi connectivity index (χ2n) is 5.14. The van der Waals surface area contributed by atoms with Crippen LogP contribution in [-0.4, -0.2) is 35.7 Å². The van der Waals surface area contributed by atoms with Gasteiger partial charge >= 0.3 is 6.18 Å². The normalized spacial score (nSPS) is 13.9. The summed E-state index contributed by atoms with van der Waals surface area (Å²) >= 11 is 5.67. The highest BCUT2D eigenvalue weighted by Crippen LogP contribution is 2.39. The van der Waals surface area contributed by atoms with Gasteiger partial charge in [0.1, 0.15) is 6.04 Å². The van der Waals surface area contributed by atoms with Crippen LogP contribution in [0.1, 0.15) is 11.6 Å². The summed E-state index contributed by atoms with van der Waals surface area (Å²) in [6, 6.07) is 2.99. The van der Waals surface area contributed by atoms with Crippen LogP contribution in [0.4, 0.5) is 13.2 Å². The van der Waals surface area contributed by atoms with Gasteiger partial charge in [0.05, 0.1) is 0 Å². The quantitative estimate of drug-likeness (QED) is 0.796. The molecule has 0 unspecified atom stereocenters. The molecule has 0 aliphatic carbocycles. The van der Waals surface area contributed by atoms with E-state index in [4.69, 9.17) is 11.6 Å². The van der Waals surface area contributed by atoms with E-state index < -0.39 is 32.7 Å². The topological polar surface area (TPSA) is 72.3 Å². The van der Waals surface area contributed by atoms with Gasteiger partial charge in [-0.25, -0.2) is 13.1 Å². The van der Waals surface area contributed by atoms with Gasteiger partial charge in [-0.05, 0) is 23.8 Å². The molecule has 0 amide bonds. The molecule has 0 spiro atoms. The first kappa shape index (κ1) is 19.4. The minimum Gasteiger partial charge on any atom is -0.266 e. The Bertz CT molecular complexity index is 927. The molecule has 1 atom stereocenters. The second kappa shape index (κ2) is 6.77. The molecule has 1 heterocycles. The first-order chi connectivity index (χ1) is 11.5. The predicted octanol–water partition coefficient (Wildman–Crippen LogP) is 2.36. The van der Waals surface area contributed by atoms with Crippen LogP contribution in [0, 0.1) is 0 Å². The van der Waals surface area contributed by atoms with Gasteiger partial charge in [-0.15, -0.1) is 0 Å². The third-order valence-corrected chi connectivity index (χ3v) is 5.57. The van der Waals surface area contributed by atoms with Crippen LogP contribution in [-0.2, 0) is 17.1 Å². The van der Waals surface area contributed by atoms with Crippen molar-refractivity contribution >= 4 is 21.6 Å². The van der Waals surface area contributed by atoms with Crippen molar-refractivity contribution in [3.05, 3.63) is 57.5 Å². The van der Waals surface area contributed by atoms with Gasteiger partial charge in [-0.1, -0.05) is 23.7 Å². The first-order valence-corrected chi connectivity index (χ1v) is 8.60. The van der Waals surface area contributed by atoms with E-state index in [1.165, 1.54) is 19.2 Å². The zero-order chi connectivity index (χ0) is 19.0. The number of sulfonamides is 1. The molecule has 0 bridgehead atoms. The Morgan fingerprint density at radius 3 is 2.28 bits per heavy atom. The fourth-order valence-electron chi connectivity index (χ4n) is 2.22. The zero-order valence-electron chi connectivity index (χ0n) is 13.0. The van der Waals surface area contributed by atoms with Gasteiger partial charge in [0.25, 0.3) is 5.56 Å². The third-order valence-electron chi connectivity index (χ3n) is 3.49. The molecule has 11 heteroatoms. The Morgan fingerprint density at radius 1 is 1.20 bits per heavy atom. The molecule has 0 saturated carbocycles. The summed E-state index contributed by atoms with van der Waals surface area (Å²) in [5.41, 5.74) is -1.35. The molecule has 0 saturated heterocycles. The maximum Gasteiger partial charge on any atom is 0.409 e. The van der Waals surface area contributed by atoms with E-state index in [0.717, 1.165) is 36.1 Å². The average molecular weight is 396 g/mol. The van der Waals surface area contributed by atoms with E-state index in [-0.39, 0.29) is 14.9 Å². The fraction of sp³-hybridized carbons (Fsp3) is 0.286. The number of aryl methyl sites for hydroxylation is 1. The number of rotatable bonds is 4. The van der Waals surface area contributed by atoms with Crippen molar-refractivity contribution in [3.8, 4) is 0 Å². The monoisotopic (exact) mass is 395 g/mol. The van der Waals surface area contributed by atoms with E-state index in [2.05, 4.69) is 5.10 Å². The molecule has 2 aromatic rings. The molecular formula is C14H13ClF3N3O3S. The van der Waals surface area contributed by atoms with Crippen LogP contribution in [0.15, 0.2) is 46.2 Å². The van der Waals surface area contributed by atoms with Gasteiger partial charge in [-0.3, -0.25) is 4.79 Å². The standard InChI is InChI=1S/C14H13ClF3N3O3S/c1-20-13(22)11(7-8-19-20)25(23,24)21(2)12(14(16,17)18)9-3-5-10(15)6-4-9/h3-8,12H,1-2H3/t12-/m1/s1. The number of halogens is 4. The fourth-order valence-corrected chi connectivity index (χ4v) is 3.77. The van der Waals surface area contributed by atoms with E-state index in [1.807, 2.05) is 0 Å². The van der Waals surface area contributed by atoms with Crippen LogP contribution in [0.5, 0.6) is 0 Å². The minimum atomic E-state index is -4.91. The molecule has 25 heavy (non-hydrogen) atoms. The number of aromatic nitrogens is 2. The summed E-state index contributed by atoms with van der Waals surface area (Å²) in [5, 5.41) is 3.76. The molecule has 1 aromatic carbocycles. The van der Waals surface area contributed by atoms with Crippen LogP contribution >= 0.6 is 11.6 Å². The molecule has 0 aliphatic rings. The Morgan fingerprint density at radius 2 is 1.76 bits per heavy atom. The molecule has 136 valence electrons. The van der Waals surface area contributed by atoms with E-state index in [0.29, 0.717) is 0 Å². The molecule has 1 aromatic heterocycles. The summed E-state index contributed by atoms with van der Waals surface area (Å²) in [6.07, 6.45) is -3.89. The highest BCUT2D eigenvalue weighted by molar-refractivity contribution is 7.89. The van der Waals surface area contributed by atoms with Crippen LogP contribution in [0.3, 0.4) is 0 Å². The predicted molar refractivity (Wildman–Crippen MR) is 84.7 cm³/mol. The minimum absolute atomic E-state index is 0.118. The smallest absolute Gasteiger partial charge is 0.266 e. The molecule has 6 nitrogen and oxygen atoms in total. The summed E-state index contributed by atoms with van der Waals surface area (Å²) < 4.78 is 66.7. The SMILES string of the molecule is CN([C@H](c1ccc(Cl)cc1)C(F)(F)F)S(=O)(=O)c1ccnn(C)c1=O. The largest absolute Gasteiger partial charge is 0.409 e. The molecule has 0 fully saturated rings. The van der Waals surface area contributed by atoms with Crippen LogP contribution < -0.4 is 5.56 Å². The van der Waals surface area contributed by atoms with E-state index in [1.54, 1.807) is 0 Å². The Balaban J connectivity index is 2.60. The maximum atomic E-state index is 13.5. The first-order valence-electron chi connectivity index (χ1n) is 6.79. The lowest BCUT2D eigenvalue weighted by Gasteiger charge is -2.29. The lowest BCUT2D eigenvalue weighted by atomic mass is 10.1. The second-order valence-corrected chi connectivity index (χ2v) is 7.54. The van der Waals surface area contributed by atoms with Crippen molar-refractivity contribution in [1.29, 1.82) is 0 Å². The third kappa shape index (κ3) is 3.86. The van der Waals surface area contributed by atoms with Crippen molar-refractivity contribution in [2.75, 3.05) is 7.05 Å². The molecule has 2 rings (SSSR count). The Hall–Kier alpha value is -1.91. The van der Waals surface area contributed by atoms with Gasteiger partial charge < -0.3 is 0 Å². The number of benzene rings is 1. The zero-order valence-corrected chi connectivity index (χ0v) is 14.6. The van der Waals surface area contributed by atoms with E-state index in [9.17, 15) is 26.4 Å². The molecular weight excluding hydrogens is 383 g/mol. The summed E-state index contributed by atoms with van der Waals surface area (Å²) in [5.74, 6) is 0. The van der Waals surface area contributed by atoms with Gasteiger partial charge in [-0.2, -0.15) is 22.6 Å². The van der Waals surface area contributed by atoms with Crippen molar-refractivity contribution in [3.63, 3.8) is 0 Å². The van der Waals surface area contributed by atoms with Crippen LogP contribution in [0.25, 0.3) is 0 Å². The average Bonchev–Trinajstić information content (AvgIpc) is 2.50. The van der Waals surface area contributed by atoms with Gasteiger partial charge in [0.2, 0.25) is 10.0 Å². The highest BCUT2D eigenvalue weighted by atomic mass is 35.5. The van der Waals surface area contributed by atoms with Crippen molar-refractivity contribution in [2.45, 2.75) is 17.1 Å². The van der Waals surface area contributed by atoms with Crippen molar-refractivity contribution < 1.29 is 21.6 Å². The van der Waals surface area contributed by atoms with Gasteiger partial charge in [0.15, 0.2) is 4.90 Å². The van der Waals surface area contributed by atoms with Crippen molar-refractivity contribution in [1.82, 2.24) is 14.1 Å². The lowest BCUT2D eigenvalue weighted by molar-refractivity contribution is -0.171. The summed E-state index contributed by atoms with van der Waals surface area (Å²) in [6.45, 7) is 0. The number of alkyl halides is 3. The molecule has 0 N–H and O–H groups in total. The summed E-state index contributed by atoms with van der Waals surface area (Å²) in [7, 11) is -2.76. The number of nitrogens with zero attached hydrogens (tertiary/aromatic N) is 3. The Kier molecular flexibility index (Phi) is 5.26. The molecule has 0 radical (unpaired) electrons.